The van der Waals surface area contributed by atoms with Crippen LogP contribution in [0.2, 0.25) is 0 Å². The number of nitrogens with zero attached hydrogens (tertiary/aromatic N) is 2. The first-order valence-electron chi connectivity index (χ1n) is 24.5. The average molecular weight is 869 g/mol. The highest BCUT2D eigenvalue weighted by Crippen LogP contribution is 2.62. The first-order chi connectivity index (χ1) is 30.3. The molecule has 0 saturated heterocycles. The standard InChI is InChI=1S/C52H56N2O6S2/c55-45-31-19-27-11-3-4-12-28(27)20-32(31)46(56)43(45)53-41-25-39-49(61-41)35-24-38-36(23-37(35)51(59-39)15-7-1-8-16-51)50-40(60-52(38)17-9-2-10-18-52)26-42(62-50)54-44-47(57)33-21-29-13-5-6-14-30(29)22-34(33)48(44)58/h23-34H,1-22H2. The Morgan fingerprint density at radius 2 is 0.790 bits per heavy atom. The van der Waals surface area contributed by atoms with Gasteiger partial charge in [0.1, 0.15) is 32.7 Å². The number of ketones is 4. The number of fused-ring (bicyclic) bond motifs is 12. The molecule has 8 unspecified atom stereocenters. The minimum absolute atomic E-state index is 0.0417. The van der Waals surface area contributed by atoms with Gasteiger partial charge in [-0.1, -0.05) is 64.2 Å². The Balaban J connectivity index is 0.893. The Hall–Kier alpha value is -3.76. The van der Waals surface area contributed by atoms with Crippen molar-refractivity contribution < 1.29 is 28.7 Å². The zero-order valence-corrected chi connectivity index (χ0v) is 37.3. The number of thiophene rings is 2. The molecule has 10 heteroatoms. The Labute approximate surface area is 371 Å². The topological polar surface area (TPSA) is 111 Å². The van der Waals surface area contributed by atoms with Crippen molar-refractivity contribution in [1.82, 2.24) is 0 Å². The third kappa shape index (κ3) is 5.78. The normalized spacial score (nSPS) is 33.6. The van der Waals surface area contributed by atoms with Gasteiger partial charge in [0.2, 0.25) is 0 Å². The molecule has 3 aromatic rings. The van der Waals surface area contributed by atoms with E-state index in [2.05, 4.69) is 12.1 Å². The van der Waals surface area contributed by atoms with Gasteiger partial charge in [0.05, 0.1) is 9.75 Å². The summed E-state index contributed by atoms with van der Waals surface area (Å²) in [6, 6.07) is 8.79. The van der Waals surface area contributed by atoms with E-state index in [1.807, 2.05) is 12.1 Å². The van der Waals surface area contributed by atoms with Crippen molar-refractivity contribution >= 4 is 67.2 Å². The molecular formula is C52H56N2O6S2. The van der Waals surface area contributed by atoms with Crippen LogP contribution in [0, 0.1) is 47.3 Å². The molecule has 2 aromatic heterocycles. The quantitative estimate of drug-likeness (QED) is 0.254. The van der Waals surface area contributed by atoms with Crippen LogP contribution in [0.5, 0.6) is 11.5 Å². The van der Waals surface area contributed by atoms with Crippen LogP contribution in [0.4, 0.5) is 10.0 Å². The molecule has 8 atom stereocenters. The number of Topliss-reactive ketones (excluding diaryl/α,β-unsaturated/α-hetero) is 4. The third-order valence-electron chi connectivity index (χ3n) is 18.0. The molecule has 0 amide bonds. The molecule has 0 radical (unpaired) electrons. The molecular weight excluding hydrogens is 813 g/mol. The highest BCUT2D eigenvalue weighted by atomic mass is 32.1. The lowest BCUT2D eigenvalue weighted by Gasteiger charge is -2.45. The molecule has 2 spiro atoms. The van der Waals surface area contributed by atoms with Gasteiger partial charge in [-0.05, 0) is 113 Å². The zero-order valence-electron chi connectivity index (χ0n) is 35.6. The van der Waals surface area contributed by atoms with Gasteiger partial charge in [-0.15, -0.1) is 22.7 Å². The Morgan fingerprint density at radius 1 is 0.452 bits per heavy atom. The molecule has 2 aliphatic heterocycles. The third-order valence-corrected chi connectivity index (χ3v) is 20.1. The molecule has 8 aliphatic carbocycles. The van der Waals surface area contributed by atoms with Crippen LogP contribution in [-0.2, 0) is 30.4 Å². The van der Waals surface area contributed by atoms with E-state index < -0.39 is 11.2 Å². The van der Waals surface area contributed by atoms with Crippen LogP contribution >= 0.6 is 22.7 Å². The number of ether oxygens (including phenoxy) is 2. The maximum absolute atomic E-state index is 14.0. The summed E-state index contributed by atoms with van der Waals surface area (Å²) in [5, 5.41) is 1.34. The van der Waals surface area contributed by atoms with E-state index in [1.165, 1.54) is 75.3 Å². The summed E-state index contributed by atoms with van der Waals surface area (Å²) in [5.74, 6) is 2.86. The van der Waals surface area contributed by atoms with Gasteiger partial charge in [0, 0.05) is 58.1 Å². The van der Waals surface area contributed by atoms with E-state index in [0.717, 1.165) is 109 Å². The van der Waals surface area contributed by atoms with E-state index in [-0.39, 0.29) is 58.2 Å². The summed E-state index contributed by atoms with van der Waals surface area (Å²) in [6.45, 7) is 0. The largest absolute Gasteiger partial charge is 0.481 e. The van der Waals surface area contributed by atoms with E-state index in [1.54, 1.807) is 22.7 Å². The predicted molar refractivity (Wildman–Crippen MR) is 241 cm³/mol. The van der Waals surface area contributed by atoms with Crippen LogP contribution in [0.1, 0.15) is 152 Å². The number of carbonyl (C=O) groups is 4. The maximum Gasteiger partial charge on any atom is 0.188 e. The van der Waals surface area contributed by atoms with E-state index >= 15 is 0 Å². The van der Waals surface area contributed by atoms with Crippen LogP contribution in [0.25, 0.3) is 20.9 Å². The van der Waals surface area contributed by atoms with Gasteiger partial charge in [0.15, 0.2) is 34.6 Å². The minimum atomic E-state index is -0.500. The molecule has 322 valence electrons. The summed E-state index contributed by atoms with van der Waals surface area (Å²) in [4.78, 5) is 67.7. The lowest BCUT2D eigenvalue weighted by atomic mass is 9.64. The first-order valence-corrected chi connectivity index (χ1v) is 26.1. The maximum atomic E-state index is 14.0. The van der Waals surface area contributed by atoms with Crippen molar-refractivity contribution in [3.05, 3.63) is 35.4 Å². The van der Waals surface area contributed by atoms with Crippen molar-refractivity contribution in [3.8, 4) is 32.4 Å². The molecule has 8 fully saturated rings. The molecule has 13 rings (SSSR count). The van der Waals surface area contributed by atoms with E-state index in [9.17, 15) is 19.2 Å². The van der Waals surface area contributed by atoms with Crippen LogP contribution in [-0.4, -0.2) is 34.6 Å². The summed E-state index contributed by atoms with van der Waals surface area (Å²) in [7, 11) is 0. The second-order valence-electron chi connectivity index (χ2n) is 21.2. The van der Waals surface area contributed by atoms with Crippen molar-refractivity contribution in [3.63, 3.8) is 0 Å². The highest BCUT2D eigenvalue weighted by molar-refractivity contribution is 7.20. The number of aliphatic imine (C=N–C) groups is 2. The van der Waals surface area contributed by atoms with E-state index in [4.69, 9.17) is 19.5 Å². The fraction of sp³-hybridized carbons (Fsp3) is 0.615. The number of carbonyl (C=O) groups excluding carboxylic acids is 4. The summed E-state index contributed by atoms with van der Waals surface area (Å²) >= 11 is 3.08. The Morgan fingerprint density at radius 3 is 1.13 bits per heavy atom. The van der Waals surface area contributed by atoms with Crippen LogP contribution in [0.3, 0.4) is 0 Å². The van der Waals surface area contributed by atoms with Gasteiger partial charge >= 0.3 is 0 Å². The van der Waals surface area contributed by atoms with Gasteiger partial charge in [-0.3, -0.25) is 19.2 Å². The molecule has 62 heavy (non-hydrogen) atoms. The lowest BCUT2D eigenvalue weighted by molar-refractivity contribution is -0.123. The smallest absolute Gasteiger partial charge is 0.188 e. The van der Waals surface area contributed by atoms with Crippen molar-refractivity contribution in [2.75, 3.05) is 0 Å². The Kier molecular flexibility index (Phi) is 8.97. The number of benzene rings is 1. The van der Waals surface area contributed by atoms with Crippen LogP contribution in [0.15, 0.2) is 34.3 Å². The van der Waals surface area contributed by atoms with Crippen molar-refractivity contribution in [2.24, 2.45) is 57.3 Å². The molecule has 4 heterocycles. The van der Waals surface area contributed by atoms with E-state index in [0.29, 0.717) is 33.7 Å². The monoisotopic (exact) mass is 868 g/mol. The summed E-state index contributed by atoms with van der Waals surface area (Å²) in [5.41, 5.74) is 4.02. The van der Waals surface area contributed by atoms with Crippen LogP contribution < -0.4 is 9.47 Å². The summed E-state index contributed by atoms with van der Waals surface area (Å²) < 4.78 is 14.4. The number of rotatable bonds is 2. The molecule has 8 saturated carbocycles. The molecule has 10 aliphatic rings. The lowest BCUT2D eigenvalue weighted by Crippen LogP contribution is -2.40. The molecule has 1 aromatic carbocycles. The van der Waals surface area contributed by atoms with Gasteiger partial charge in [-0.2, -0.15) is 0 Å². The second kappa shape index (κ2) is 14.4. The highest BCUT2D eigenvalue weighted by Gasteiger charge is 2.54. The summed E-state index contributed by atoms with van der Waals surface area (Å²) in [6.07, 6.45) is 23.3. The average Bonchev–Trinajstić information content (AvgIpc) is 4.02. The first kappa shape index (κ1) is 38.7. The predicted octanol–water partition coefficient (Wildman–Crippen LogP) is 12.4. The van der Waals surface area contributed by atoms with Crippen molar-refractivity contribution in [2.45, 2.75) is 152 Å². The molecule has 0 bridgehead atoms. The van der Waals surface area contributed by atoms with Gasteiger partial charge in [0.25, 0.3) is 0 Å². The fourth-order valence-corrected chi connectivity index (χ4v) is 16.9. The van der Waals surface area contributed by atoms with Gasteiger partial charge < -0.3 is 9.47 Å². The molecule has 8 nitrogen and oxygen atoms in total. The second-order valence-corrected chi connectivity index (χ2v) is 23.2. The van der Waals surface area contributed by atoms with Gasteiger partial charge in [-0.25, -0.2) is 9.98 Å². The number of hydrogen-bond acceptors (Lipinski definition) is 10. The minimum Gasteiger partial charge on any atom is -0.481 e. The number of hydrogen-bond donors (Lipinski definition) is 0. The fourth-order valence-electron chi connectivity index (χ4n) is 14.9. The molecule has 0 N–H and O–H groups in total. The van der Waals surface area contributed by atoms with Crippen molar-refractivity contribution in [1.29, 1.82) is 0 Å². The Bertz CT molecular complexity index is 2270. The zero-order chi connectivity index (χ0) is 41.5. The SMILES string of the molecule is O=C1C(=Nc2cc3c(s2)-c2cc4c(cc2C2(CCCCC2)O3)-c2sc(N=C3C(=O)C5CC6CCCCC6CC5C3=O)cc2OC42CCCCC2)C(=O)C2CC3CCCCC3CC12.